The number of nitro groups is 1. The summed E-state index contributed by atoms with van der Waals surface area (Å²) < 4.78 is 43.2. The minimum atomic E-state index is -4.92. The quantitative estimate of drug-likeness (QED) is 0.371. The van der Waals surface area contributed by atoms with Crippen molar-refractivity contribution in [1.29, 1.82) is 0 Å². The molecule has 0 unspecified atom stereocenters. The number of hydrogen-bond acceptors (Lipinski definition) is 4. The summed E-state index contributed by atoms with van der Waals surface area (Å²) >= 11 is 0. The van der Waals surface area contributed by atoms with E-state index in [0.717, 1.165) is 31.2 Å². The Balaban J connectivity index is 3.04. The monoisotopic (exact) mass is 301 g/mol. The molecule has 0 aromatic heterocycles. The van der Waals surface area contributed by atoms with E-state index in [9.17, 15) is 28.1 Å². The first-order valence-corrected chi connectivity index (χ1v) is 5.69. The number of terminal acetylenes is 1. The number of rotatable bonds is 4. The van der Waals surface area contributed by atoms with E-state index >= 15 is 0 Å². The van der Waals surface area contributed by atoms with Gasteiger partial charge >= 0.3 is 12.1 Å². The number of carbonyl (C=O) groups excluding carboxylic acids is 1. The third-order valence-electron chi connectivity index (χ3n) is 2.77. The van der Waals surface area contributed by atoms with Crippen molar-refractivity contribution in [3.63, 3.8) is 0 Å². The molecule has 5 nitrogen and oxygen atoms in total. The summed E-state index contributed by atoms with van der Waals surface area (Å²) in [4.78, 5) is 21.5. The average Bonchev–Trinajstić information content (AvgIpc) is 2.43. The van der Waals surface area contributed by atoms with Crippen molar-refractivity contribution < 1.29 is 27.6 Å². The summed E-state index contributed by atoms with van der Waals surface area (Å²) in [6.07, 6.45) is -0.713. The highest BCUT2D eigenvalue weighted by molar-refractivity contribution is 5.90. The molecule has 0 aliphatic heterocycles. The van der Waals surface area contributed by atoms with Crippen molar-refractivity contribution in [2.75, 3.05) is 0 Å². The molecule has 0 heterocycles. The number of halogens is 3. The van der Waals surface area contributed by atoms with Crippen molar-refractivity contribution in [1.82, 2.24) is 0 Å². The molecule has 8 heteroatoms. The maximum absolute atomic E-state index is 12.9. The summed E-state index contributed by atoms with van der Waals surface area (Å²) in [6, 6.07) is 3.95. The van der Waals surface area contributed by atoms with Crippen LogP contribution in [0.3, 0.4) is 0 Å². The Kier molecular flexibility index (Phi) is 4.58. The molecule has 0 fully saturated rings. The van der Waals surface area contributed by atoms with E-state index in [2.05, 4.69) is 4.74 Å². The molecule has 0 aliphatic rings. The standard InChI is InChI=1S/C13H10F3NO4/c1-3-12(4-2,13(14,15)16)21-11(18)9-5-7-10(8-6-9)17(19)20/h1,5-8H,4H2,2H3/t12-/m1/s1. The zero-order valence-electron chi connectivity index (χ0n) is 10.8. The van der Waals surface area contributed by atoms with Crippen LogP contribution in [0, 0.1) is 22.5 Å². The molecule has 1 rings (SSSR count). The predicted molar refractivity (Wildman–Crippen MR) is 66.4 cm³/mol. The van der Waals surface area contributed by atoms with E-state index in [1.165, 1.54) is 5.92 Å². The highest BCUT2D eigenvalue weighted by atomic mass is 19.4. The highest BCUT2D eigenvalue weighted by Gasteiger charge is 2.56. The number of hydrogen-bond donors (Lipinski definition) is 0. The molecule has 0 radical (unpaired) electrons. The van der Waals surface area contributed by atoms with Gasteiger partial charge in [0.05, 0.1) is 10.5 Å². The van der Waals surface area contributed by atoms with Crippen molar-refractivity contribution in [3.05, 3.63) is 39.9 Å². The van der Waals surface area contributed by atoms with Gasteiger partial charge in [-0.15, -0.1) is 6.42 Å². The Morgan fingerprint density at radius 3 is 2.24 bits per heavy atom. The molecule has 0 saturated carbocycles. The molecule has 21 heavy (non-hydrogen) atoms. The molecule has 0 amide bonds. The Morgan fingerprint density at radius 1 is 1.38 bits per heavy atom. The first kappa shape index (κ1) is 16.5. The topological polar surface area (TPSA) is 69.4 Å². The lowest BCUT2D eigenvalue weighted by Crippen LogP contribution is -2.47. The second kappa shape index (κ2) is 5.83. The van der Waals surface area contributed by atoms with Gasteiger partial charge in [-0.05, 0) is 18.1 Å². The van der Waals surface area contributed by atoms with E-state index in [1.807, 2.05) is 0 Å². The Hall–Kier alpha value is -2.56. The van der Waals surface area contributed by atoms with Gasteiger partial charge in [0.25, 0.3) is 11.3 Å². The van der Waals surface area contributed by atoms with Crippen LogP contribution in [0.1, 0.15) is 23.7 Å². The molecule has 0 spiro atoms. The van der Waals surface area contributed by atoms with E-state index in [1.54, 1.807) is 0 Å². The Labute approximate surface area is 117 Å². The Bertz CT molecular complexity index is 589. The van der Waals surface area contributed by atoms with Crippen LogP contribution in [0.15, 0.2) is 24.3 Å². The number of carbonyl (C=O) groups is 1. The summed E-state index contributed by atoms with van der Waals surface area (Å²) in [5.74, 6) is 0.156. The molecule has 0 aliphatic carbocycles. The minimum Gasteiger partial charge on any atom is -0.432 e. The van der Waals surface area contributed by atoms with Crippen LogP contribution in [-0.2, 0) is 4.74 Å². The maximum atomic E-state index is 12.9. The lowest BCUT2D eigenvalue weighted by atomic mass is 10.0. The van der Waals surface area contributed by atoms with Gasteiger partial charge in [-0.3, -0.25) is 10.1 Å². The lowest BCUT2D eigenvalue weighted by Gasteiger charge is -2.29. The fourth-order valence-electron chi connectivity index (χ4n) is 1.48. The van der Waals surface area contributed by atoms with Gasteiger partial charge in [0.2, 0.25) is 0 Å². The van der Waals surface area contributed by atoms with Gasteiger partial charge in [-0.1, -0.05) is 6.92 Å². The Morgan fingerprint density at radius 2 is 1.90 bits per heavy atom. The fraction of sp³-hybridized carbons (Fsp3) is 0.308. The number of non-ortho nitro benzene ring substituents is 1. The zero-order valence-corrected chi connectivity index (χ0v) is 10.8. The summed E-state index contributed by atoms with van der Waals surface area (Å²) in [6.45, 7) is 1.14. The second-order valence-corrected chi connectivity index (χ2v) is 4.02. The van der Waals surface area contributed by atoms with Crippen LogP contribution >= 0.6 is 0 Å². The second-order valence-electron chi connectivity index (χ2n) is 4.02. The molecular weight excluding hydrogens is 291 g/mol. The van der Waals surface area contributed by atoms with Crippen LogP contribution in [0.5, 0.6) is 0 Å². The molecule has 0 bridgehead atoms. The minimum absolute atomic E-state index is 0.266. The van der Waals surface area contributed by atoms with Crippen molar-refractivity contribution >= 4 is 11.7 Å². The maximum Gasteiger partial charge on any atom is 0.440 e. The van der Waals surface area contributed by atoms with Gasteiger partial charge in [-0.25, -0.2) is 4.79 Å². The lowest BCUT2D eigenvalue weighted by molar-refractivity contribution is -0.384. The van der Waals surface area contributed by atoms with Crippen LogP contribution < -0.4 is 0 Å². The van der Waals surface area contributed by atoms with Crippen LogP contribution in [0.25, 0.3) is 0 Å². The van der Waals surface area contributed by atoms with Gasteiger partial charge in [0.15, 0.2) is 0 Å². The first-order valence-electron chi connectivity index (χ1n) is 5.69. The van der Waals surface area contributed by atoms with Crippen molar-refractivity contribution in [3.8, 4) is 12.3 Å². The molecular formula is C13H10F3NO4. The number of ether oxygens (including phenoxy) is 1. The number of benzene rings is 1. The first-order chi connectivity index (χ1) is 9.66. The third kappa shape index (κ3) is 3.31. The summed E-state index contributed by atoms with van der Waals surface area (Å²) in [5.41, 5.74) is -3.59. The largest absolute Gasteiger partial charge is 0.440 e. The van der Waals surface area contributed by atoms with Crippen molar-refractivity contribution in [2.45, 2.75) is 25.1 Å². The zero-order chi connectivity index (χ0) is 16.3. The average molecular weight is 301 g/mol. The van der Waals surface area contributed by atoms with Gasteiger partial charge in [0.1, 0.15) is 0 Å². The summed E-state index contributed by atoms with van der Waals surface area (Å²) in [5, 5.41) is 10.4. The molecule has 1 aromatic carbocycles. The predicted octanol–water partition coefficient (Wildman–Crippen LogP) is 3.10. The SMILES string of the molecule is C#C[C@](CC)(OC(=O)c1ccc([N+](=O)[O-])cc1)C(F)(F)F. The number of alkyl halides is 3. The molecule has 1 aromatic rings. The molecule has 0 saturated heterocycles. The van der Waals surface area contributed by atoms with Gasteiger partial charge < -0.3 is 4.74 Å². The number of nitrogens with zero attached hydrogens (tertiary/aromatic N) is 1. The van der Waals surface area contributed by atoms with Crippen LogP contribution in [0.4, 0.5) is 18.9 Å². The van der Waals surface area contributed by atoms with E-state index < -0.39 is 29.1 Å². The fourth-order valence-corrected chi connectivity index (χ4v) is 1.48. The molecule has 1 atom stereocenters. The van der Waals surface area contributed by atoms with Crippen LogP contribution in [0.2, 0.25) is 0 Å². The molecule has 112 valence electrons. The van der Waals surface area contributed by atoms with E-state index in [-0.39, 0.29) is 11.3 Å². The normalized spacial score (nSPS) is 13.9. The number of nitro benzene ring substituents is 1. The molecule has 0 N–H and O–H groups in total. The van der Waals surface area contributed by atoms with Crippen LogP contribution in [-0.4, -0.2) is 22.7 Å². The van der Waals surface area contributed by atoms with Gasteiger partial charge in [0, 0.05) is 18.6 Å². The summed E-state index contributed by atoms with van der Waals surface area (Å²) in [7, 11) is 0. The van der Waals surface area contributed by atoms with E-state index in [0.29, 0.717) is 0 Å². The smallest absolute Gasteiger partial charge is 0.432 e. The van der Waals surface area contributed by atoms with Gasteiger partial charge in [-0.2, -0.15) is 13.2 Å². The highest BCUT2D eigenvalue weighted by Crippen LogP contribution is 2.36. The van der Waals surface area contributed by atoms with Crippen molar-refractivity contribution in [2.24, 2.45) is 0 Å². The third-order valence-corrected chi connectivity index (χ3v) is 2.77. The van der Waals surface area contributed by atoms with E-state index in [4.69, 9.17) is 6.42 Å². The number of esters is 1.